The highest BCUT2D eigenvalue weighted by Gasteiger charge is 1.98. The van der Waals surface area contributed by atoms with Crippen LogP contribution >= 0.6 is 30.3 Å². The van der Waals surface area contributed by atoms with Gasteiger partial charge in [0.25, 0.3) is 0 Å². The molecule has 0 saturated carbocycles. The third-order valence-electron chi connectivity index (χ3n) is 1.62. The first-order chi connectivity index (χ1) is 5.25. The van der Waals surface area contributed by atoms with E-state index in [1.807, 2.05) is 0 Å². The van der Waals surface area contributed by atoms with E-state index in [0.29, 0.717) is 0 Å². The maximum absolute atomic E-state index is 3.25. The fraction of sp³-hybridized carbons (Fsp3) is 0.250. The van der Waals surface area contributed by atoms with Crippen molar-refractivity contribution in [1.82, 2.24) is 0 Å². The molecule has 0 amide bonds. The van der Waals surface area contributed by atoms with Crippen molar-refractivity contribution in [2.24, 2.45) is 0 Å². The predicted octanol–water partition coefficient (Wildman–Crippen LogP) is 3.71. The Morgan fingerprint density at radius 3 is 2.27 bits per heavy atom. The Morgan fingerprint density at radius 1 is 1.27 bits per heavy atom. The summed E-state index contributed by atoms with van der Waals surface area (Å²) in [4.78, 5) is 0. The molecule has 1 rings (SSSR count). The zero-order valence-electron chi connectivity index (χ0n) is 6.52. The standard InChI is InChI=1S/C8H10INS/c1-6-4-3-5-7(2)8(6)10-11-9/h3-5,10H,1-2H3. The largest absolute Gasteiger partial charge is 0.321 e. The Balaban J connectivity index is 3.00. The molecule has 1 aromatic carbocycles. The summed E-state index contributed by atoms with van der Waals surface area (Å²) in [5.41, 5.74) is 3.84. The molecule has 0 fully saturated rings. The number of benzene rings is 1. The average Bonchev–Trinajstić information content (AvgIpc) is 1.97. The van der Waals surface area contributed by atoms with Gasteiger partial charge in [0.1, 0.15) is 0 Å². The number of rotatable bonds is 2. The Hall–Kier alpha value is 0.100. The lowest BCUT2D eigenvalue weighted by Crippen LogP contribution is -1.89. The molecular formula is C8H10INS. The van der Waals surface area contributed by atoms with Crippen molar-refractivity contribution < 1.29 is 0 Å². The topological polar surface area (TPSA) is 12.0 Å². The Morgan fingerprint density at radius 2 is 1.82 bits per heavy atom. The van der Waals surface area contributed by atoms with Gasteiger partial charge in [-0.15, -0.1) is 0 Å². The molecule has 0 atom stereocenters. The van der Waals surface area contributed by atoms with Crippen LogP contribution < -0.4 is 4.72 Å². The van der Waals surface area contributed by atoms with E-state index in [2.05, 4.69) is 58.0 Å². The summed E-state index contributed by atoms with van der Waals surface area (Å²) in [5, 5.41) is 0. The molecule has 1 aromatic rings. The van der Waals surface area contributed by atoms with Gasteiger partial charge in [-0.05, 0) is 25.0 Å². The number of hydrogen-bond acceptors (Lipinski definition) is 2. The lowest BCUT2D eigenvalue weighted by atomic mass is 10.1. The van der Waals surface area contributed by atoms with E-state index in [4.69, 9.17) is 0 Å². The van der Waals surface area contributed by atoms with Crippen molar-refractivity contribution in [3.8, 4) is 0 Å². The van der Waals surface area contributed by atoms with Crippen molar-refractivity contribution in [2.45, 2.75) is 13.8 Å². The van der Waals surface area contributed by atoms with Gasteiger partial charge in [-0.2, -0.15) is 0 Å². The molecule has 0 radical (unpaired) electrons. The molecule has 1 N–H and O–H groups in total. The minimum atomic E-state index is 1.24. The van der Waals surface area contributed by atoms with E-state index in [1.54, 1.807) is 9.12 Å². The highest BCUT2D eigenvalue weighted by atomic mass is 127. The summed E-state index contributed by atoms with van der Waals surface area (Å²) in [5.74, 6) is 0. The normalized spacial score (nSPS) is 9.73. The van der Waals surface area contributed by atoms with Crippen molar-refractivity contribution in [3.63, 3.8) is 0 Å². The van der Waals surface area contributed by atoms with Crippen LogP contribution in [-0.4, -0.2) is 0 Å². The van der Waals surface area contributed by atoms with E-state index < -0.39 is 0 Å². The smallest absolute Gasteiger partial charge is 0.0505 e. The summed E-state index contributed by atoms with van der Waals surface area (Å²) >= 11 is 2.23. The van der Waals surface area contributed by atoms with Crippen LogP contribution in [0.25, 0.3) is 0 Å². The first-order valence-corrected chi connectivity index (χ1v) is 6.71. The number of hydrogen-bond donors (Lipinski definition) is 1. The SMILES string of the molecule is Cc1cccc(C)c1NSI. The summed E-state index contributed by atoms with van der Waals surface area (Å²) in [6.07, 6.45) is 0. The number of halogens is 1. The maximum Gasteiger partial charge on any atom is 0.0505 e. The van der Waals surface area contributed by atoms with Crippen molar-refractivity contribution in [2.75, 3.05) is 4.72 Å². The Labute approximate surface area is 83.7 Å². The van der Waals surface area contributed by atoms with Gasteiger partial charge in [-0.25, -0.2) is 0 Å². The molecule has 0 aliphatic carbocycles. The minimum absolute atomic E-state index is 1.24. The van der Waals surface area contributed by atoms with Gasteiger partial charge < -0.3 is 4.72 Å². The van der Waals surface area contributed by atoms with Gasteiger partial charge in [-0.3, -0.25) is 0 Å². The maximum atomic E-state index is 3.25. The molecule has 0 heterocycles. The van der Waals surface area contributed by atoms with Gasteiger partial charge >= 0.3 is 0 Å². The molecule has 0 aliphatic rings. The second-order valence-corrected chi connectivity index (χ2v) is 4.13. The minimum Gasteiger partial charge on any atom is -0.321 e. The van der Waals surface area contributed by atoms with E-state index in [9.17, 15) is 0 Å². The summed E-state index contributed by atoms with van der Waals surface area (Å²) in [7, 11) is 1.60. The first kappa shape index (κ1) is 9.19. The monoisotopic (exact) mass is 279 g/mol. The molecule has 1 nitrogen and oxygen atoms in total. The van der Waals surface area contributed by atoms with E-state index in [1.165, 1.54) is 16.8 Å². The Kier molecular flexibility index (Phi) is 3.51. The molecule has 0 bridgehead atoms. The van der Waals surface area contributed by atoms with Gasteiger partial charge in [0.05, 0.1) is 5.69 Å². The molecule has 3 heteroatoms. The number of anilines is 1. The quantitative estimate of drug-likeness (QED) is 0.654. The van der Waals surface area contributed by atoms with Crippen molar-refractivity contribution in [3.05, 3.63) is 29.3 Å². The highest BCUT2D eigenvalue weighted by molar-refractivity contribution is 14.2. The Bertz CT molecular complexity index is 230. The number of aryl methyl sites for hydroxylation is 2. The number of para-hydroxylation sites is 1. The van der Waals surface area contributed by atoms with Crippen LogP contribution in [0, 0.1) is 13.8 Å². The van der Waals surface area contributed by atoms with Crippen LogP contribution in [0.5, 0.6) is 0 Å². The molecule has 11 heavy (non-hydrogen) atoms. The fourth-order valence-corrected chi connectivity index (χ4v) is 2.07. The highest BCUT2D eigenvalue weighted by Crippen LogP contribution is 2.24. The average molecular weight is 279 g/mol. The van der Waals surface area contributed by atoms with Crippen molar-refractivity contribution >= 4 is 36.0 Å². The van der Waals surface area contributed by atoms with Crippen LogP contribution in [0.4, 0.5) is 5.69 Å². The van der Waals surface area contributed by atoms with Crippen LogP contribution in [0.2, 0.25) is 0 Å². The first-order valence-electron chi connectivity index (χ1n) is 3.35. The lowest BCUT2D eigenvalue weighted by Gasteiger charge is -2.07. The lowest BCUT2D eigenvalue weighted by molar-refractivity contribution is 1.39. The second kappa shape index (κ2) is 4.21. The summed E-state index contributed by atoms with van der Waals surface area (Å²) in [6, 6.07) is 6.30. The molecule has 0 spiro atoms. The van der Waals surface area contributed by atoms with E-state index in [0.717, 1.165) is 0 Å². The third kappa shape index (κ3) is 2.27. The van der Waals surface area contributed by atoms with Gasteiger partial charge in [0.15, 0.2) is 0 Å². The molecule has 60 valence electrons. The number of nitrogens with one attached hydrogen (secondary N) is 1. The van der Waals surface area contributed by atoms with Gasteiger partial charge in [0, 0.05) is 30.3 Å². The van der Waals surface area contributed by atoms with Crippen LogP contribution in [-0.2, 0) is 0 Å². The zero-order chi connectivity index (χ0) is 8.27. The summed E-state index contributed by atoms with van der Waals surface area (Å²) in [6.45, 7) is 4.23. The van der Waals surface area contributed by atoms with E-state index in [-0.39, 0.29) is 0 Å². The molecule has 0 aromatic heterocycles. The van der Waals surface area contributed by atoms with Crippen LogP contribution in [0.1, 0.15) is 11.1 Å². The fourth-order valence-electron chi connectivity index (χ4n) is 1.01. The molecule has 0 saturated heterocycles. The van der Waals surface area contributed by atoms with E-state index >= 15 is 0 Å². The molecular weight excluding hydrogens is 269 g/mol. The summed E-state index contributed by atoms with van der Waals surface area (Å²) < 4.78 is 3.25. The van der Waals surface area contributed by atoms with Gasteiger partial charge in [-0.1, -0.05) is 18.2 Å². The van der Waals surface area contributed by atoms with Crippen LogP contribution in [0.3, 0.4) is 0 Å². The second-order valence-electron chi connectivity index (χ2n) is 2.45. The van der Waals surface area contributed by atoms with Gasteiger partial charge in [0.2, 0.25) is 0 Å². The zero-order valence-corrected chi connectivity index (χ0v) is 9.49. The third-order valence-corrected chi connectivity index (χ3v) is 2.56. The predicted molar refractivity (Wildman–Crippen MR) is 61.1 cm³/mol. The molecule has 0 aliphatic heterocycles. The van der Waals surface area contributed by atoms with Crippen molar-refractivity contribution in [1.29, 1.82) is 0 Å². The molecule has 0 unspecified atom stereocenters. The van der Waals surface area contributed by atoms with Crippen LogP contribution in [0.15, 0.2) is 18.2 Å².